The third-order valence-corrected chi connectivity index (χ3v) is 5.56. The first-order valence-corrected chi connectivity index (χ1v) is 9.10. The fraction of sp³-hybridized carbons (Fsp3) is 0.500. The molecule has 7 heteroatoms. The topological polar surface area (TPSA) is 52.6 Å². The zero-order valence-corrected chi connectivity index (χ0v) is 14.0. The summed E-state index contributed by atoms with van der Waals surface area (Å²) in [6, 6.07) is 9.89. The predicted molar refractivity (Wildman–Crippen MR) is 88.5 cm³/mol. The van der Waals surface area contributed by atoms with Crippen molar-refractivity contribution in [3.05, 3.63) is 35.9 Å². The highest BCUT2D eigenvalue weighted by atomic mass is 32.2. The molecule has 0 aliphatic carbocycles. The summed E-state index contributed by atoms with van der Waals surface area (Å²) in [5.74, 6) is 0.404. The van der Waals surface area contributed by atoms with Crippen molar-refractivity contribution in [2.75, 3.05) is 25.6 Å². The van der Waals surface area contributed by atoms with Gasteiger partial charge in [-0.05, 0) is 24.2 Å². The third-order valence-electron chi connectivity index (χ3n) is 3.48. The fourth-order valence-corrected chi connectivity index (χ4v) is 4.57. The highest BCUT2D eigenvalue weighted by molar-refractivity contribution is 7.91. The average molecular weight is 327 g/mol. The Morgan fingerprint density at radius 2 is 2.00 bits per heavy atom. The minimum atomic E-state index is -2.93. The Balaban J connectivity index is 2.00. The number of benzene rings is 1. The molecule has 1 aliphatic rings. The van der Waals surface area contributed by atoms with Crippen molar-refractivity contribution in [3.63, 3.8) is 0 Å². The van der Waals surface area contributed by atoms with Crippen LogP contribution in [0.1, 0.15) is 12.0 Å². The summed E-state index contributed by atoms with van der Waals surface area (Å²) in [7, 11) is 0.822. The van der Waals surface area contributed by atoms with E-state index < -0.39 is 9.84 Å². The Bertz CT molecular complexity index is 587. The molecule has 0 radical (unpaired) electrons. The molecule has 21 heavy (non-hydrogen) atoms. The van der Waals surface area contributed by atoms with E-state index in [1.54, 1.807) is 0 Å². The van der Waals surface area contributed by atoms with Gasteiger partial charge in [-0.15, -0.1) is 0 Å². The molecular formula is C14H21N3O2S2. The van der Waals surface area contributed by atoms with Crippen LogP contribution >= 0.6 is 12.2 Å². The molecule has 0 amide bonds. The second-order valence-electron chi connectivity index (χ2n) is 5.39. The van der Waals surface area contributed by atoms with E-state index in [9.17, 15) is 8.42 Å². The molecule has 1 heterocycles. The lowest BCUT2D eigenvalue weighted by atomic mass is 10.2. The van der Waals surface area contributed by atoms with E-state index in [4.69, 9.17) is 12.2 Å². The lowest BCUT2D eigenvalue weighted by Gasteiger charge is -2.36. The Morgan fingerprint density at radius 1 is 1.33 bits per heavy atom. The minimum absolute atomic E-state index is 0.0826. The number of rotatable bonds is 4. The number of hydrogen-bond donors (Lipinski definition) is 1. The van der Waals surface area contributed by atoms with E-state index >= 15 is 0 Å². The van der Waals surface area contributed by atoms with Crippen molar-refractivity contribution >= 4 is 27.2 Å². The molecule has 1 fully saturated rings. The van der Waals surface area contributed by atoms with Gasteiger partial charge in [0.05, 0.1) is 17.5 Å². The van der Waals surface area contributed by atoms with E-state index in [-0.39, 0.29) is 17.5 Å². The molecule has 2 rings (SSSR count). The summed E-state index contributed by atoms with van der Waals surface area (Å²) >= 11 is 5.44. The summed E-state index contributed by atoms with van der Waals surface area (Å²) in [6.45, 7) is 0.628. The van der Waals surface area contributed by atoms with Crippen LogP contribution in [0.2, 0.25) is 0 Å². The summed E-state index contributed by atoms with van der Waals surface area (Å²) in [4.78, 5) is 0. The zero-order valence-electron chi connectivity index (χ0n) is 12.3. The van der Waals surface area contributed by atoms with Crippen molar-refractivity contribution in [1.82, 2.24) is 15.3 Å². The zero-order chi connectivity index (χ0) is 15.5. The molecule has 0 bridgehead atoms. The van der Waals surface area contributed by atoms with Crippen LogP contribution in [-0.4, -0.2) is 55.2 Å². The minimum Gasteiger partial charge on any atom is -0.357 e. The Hall–Kier alpha value is -1.18. The number of sulfone groups is 1. The summed E-state index contributed by atoms with van der Waals surface area (Å²) in [6.07, 6.45) is 0.619. The van der Waals surface area contributed by atoms with Crippen molar-refractivity contribution in [1.29, 1.82) is 0 Å². The van der Waals surface area contributed by atoms with Gasteiger partial charge in [-0.3, -0.25) is 5.01 Å². The van der Waals surface area contributed by atoms with E-state index in [0.717, 1.165) is 5.56 Å². The van der Waals surface area contributed by atoms with Gasteiger partial charge in [0.25, 0.3) is 0 Å². The number of nitrogens with one attached hydrogen (secondary N) is 1. The fourth-order valence-electron chi connectivity index (χ4n) is 2.50. The van der Waals surface area contributed by atoms with Crippen molar-refractivity contribution in [2.24, 2.45) is 0 Å². The first-order chi connectivity index (χ1) is 9.89. The van der Waals surface area contributed by atoms with Gasteiger partial charge in [0.1, 0.15) is 0 Å². The van der Waals surface area contributed by atoms with Gasteiger partial charge < -0.3 is 5.32 Å². The molecule has 5 nitrogen and oxygen atoms in total. The number of thiocarbonyl (C=S) groups is 1. The SMILES string of the molecule is CN(C)N(C(=S)NCc1ccccc1)[C@@H]1CCS(=O)(=O)C1. The Morgan fingerprint density at radius 3 is 2.52 bits per heavy atom. The molecule has 1 saturated heterocycles. The Kier molecular flexibility index (Phi) is 5.18. The smallest absolute Gasteiger partial charge is 0.184 e. The molecule has 0 aromatic heterocycles. The lowest BCUT2D eigenvalue weighted by Crippen LogP contribution is -2.53. The largest absolute Gasteiger partial charge is 0.357 e. The van der Waals surface area contributed by atoms with E-state index in [1.807, 2.05) is 54.4 Å². The van der Waals surface area contributed by atoms with Gasteiger partial charge in [-0.2, -0.15) is 0 Å². The molecule has 0 unspecified atom stereocenters. The standard InChI is InChI=1S/C14H21N3O2S2/c1-16(2)17(13-8-9-21(18,19)11-13)14(20)15-10-12-6-4-3-5-7-12/h3-7,13H,8-11H2,1-2H3,(H,15,20)/t13-/m1/s1. The molecule has 1 aromatic rings. The van der Waals surface area contributed by atoms with E-state index in [1.165, 1.54) is 0 Å². The number of hydrogen-bond acceptors (Lipinski definition) is 4. The number of nitrogens with zero attached hydrogens (tertiary/aromatic N) is 2. The molecule has 1 aliphatic heterocycles. The van der Waals surface area contributed by atoms with Gasteiger partial charge in [-0.25, -0.2) is 13.4 Å². The quantitative estimate of drug-likeness (QED) is 0.658. The van der Waals surface area contributed by atoms with E-state index in [2.05, 4.69) is 5.32 Å². The molecule has 1 N–H and O–H groups in total. The summed E-state index contributed by atoms with van der Waals surface area (Å²) in [5, 5.41) is 7.48. The van der Waals surface area contributed by atoms with Crippen LogP contribution in [0.5, 0.6) is 0 Å². The monoisotopic (exact) mass is 327 g/mol. The molecule has 0 spiro atoms. The van der Waals surface area contributed by atoms with E-state index in [0.29, 0.717) is 18.1 Å². The number of hydrazine groups is 1. The average Bonchev–Trinajstić information content (AvgIpc) is 2.77. The van der Waals surface area contributed by atoms with Gasteiger partial charge in [0.2, 0.25) is 0 Å². The molecule has 1 atom stereocenters. The van der Waals surface area contributed by atoms with Crippen molar-refractivity contribution < 1.29 is 8.42 Å². The second-order valence-corrected chi connectivity index (χ2v) is 8.01. The van der Waals surface area contributed by atoms with Gasteiger partial charge >= 0.3 is 0 Å². The maximum absolute atomic E-state index is 11.7. The van der Waals surface area contributed by atoms with Crippen molar-refractivity contribution in [3.8, 4) is 0 Å². The second kappa shape index (κ2) is 6.72. The highest BCUT2D eigenvalue weighted by Gasteiger charge is 2.34. The van der Waals surface area contributed by atoms with Crippen molar-refractivity contribution in [2.45, 2.75) is 19.0 Å². The predicted octanol–water partition coefficient (Wildman–Crippen LogP) is 1.03. The molecule has 116 valence electrons. The summed E-state index contributed by atoms with van der Waals surface area (Å²) < 4.78 is 23.3. The maximum atomic E-state index is 11.7. The summed E-state index contributed by atoms with van der Waals surface area (Å²) in [5.41, 5.74) is 1.14. The van der Waals surface area contributed by atoms with Crippen LogP contribution in [0.4, 0.5) is 0 Å². The first kappa shape index (κ1) is 16.2. The van der Waals surface area contributed by atoms with Crippen LogP contribution in [-0.2, 0) is 16.4 Å². The maximum Gasteiger partial charge on any atom is 0.184 e. The Labute approximate surface area is 131 Å². The van der Waals surface area contributed by atoms with Gasteiger partial charge in [0, 0.05) is 20.6 Å². The molecular weight excluding hydrogens is 306 g/mol. The normalized spacial score (nSPS) is 20.4. The molecule has 1 aromatic carbocycles. The molecule has 0 saturated carbocycles. The van der Waals surface area contributed by atoms with Crippen LogP contribution in [0.3, 0.4) is 0 Å². The third kappa shape index (κ3) is 4.39. The van der Waals surface area contributed by atoms with Crippen LogP contribution in [0, 0.1) is 0 Å². The lowest BCUT2D eigenvalue weighted by molar-refractivity contribution is 0.0712. The van der Waals surface area contributed by atoms with Gasteiger partial charge in [-0.1, -0.05) is 30.3 Å². The highest BCUT2D eigenvalue weighted by Crippen LogP contribution is 2.18. The van der Waals surface area contributed by atoms with Crippen LogP contribution in [0.15, 0.2) is 30.3 Å². The van der Waals surface area contributed by atoms with Crippen LogP contribution < -0.4 is 5.32 Å². The first-order valence-electron chi connectivity index (χ1n) is 6.88. The van der Waals surface area contributed by atoms with Gasteiger partial charge in [0.15, 0.2) is 14.9 Å². The van der Waals surface area contributed by atoms with Crippen LogP contribution in [0.25, 0.3) is 0 Å².